The van der Waals surface area contributed by atoms with Crippen molar-refractivity contribution in [3.63, 3.8) is 0 Å². The van der Waals surface area contributed by atoms with E-state index >= 15 is 0 Å². The van der Waals surface area contributed by atoms with Gasteiger partial charge in [-0.2, -0.15) is 0 Å². The van der Waals surface area contributed by atoms with Gasteiger partial charge in [-0.15, -0.1) is 0 Å². The second-order valence-electron chi connectivity index (χ2n) is 2.67. The number of nitrogens with zero attached hydrogens (tertiary/aromatic N) is 5. The molecular weight excluding hydrogens is 178 g/mol. The van der Waals surface area contributed by atoms with Crippen molar-refractivity contribution in [1.82, 2.24) is 19.5 Å². The maximum absolute atomic E-state index is 4.96. The molecule has 66 valence electrons. The average molecular weight is 184 g/mol. The summed E-state index contributed by atoms with van der Waals surface area (Å²) in [5.74, 6) is 0.588. The van der Waals surface area contributed by atoms with Crippen molar-refractivity contribution in [2.24, 2.45) is 11.9 Å². The molecular formula is C6H6B2N6. The third-order valence-corrected chi connectivity index (χ3v) is 1.77. The number of aromatic nitrogens is 4. The molecule has 14 heavy (non-hydrogen) atoms. The van der Waals surface area contributed by atoms with E-state index in [2.05, 4.69) is 25.0 Å². The van der Waals surface area contributed by atoms with E-state index in [1.54, 1.807) is 6.33 Å². The van der Waals surface area contributed by atoms with Crippen molar-refractivity contribution < 1.29 is 0 Å². The zero-order valence-electron chi connectivity index (χ0n) is 7.55. The summed E-state index contributed by atoms with van der Waals surface area (Å²) in [6, 6.07) is 0. The molecule has 0 saturated heterocycles. The first-order valence-corrected chi connectivity index (χ1v) is 3.93. The molecule has 2 rings (SSSR count). The van der Waals surface area contributed by atoms with Crippen LogP contribution >= 0.6 is 0 Å². The van der Waals surface area contributed by atoms with Crippen LogP contribution in [0.3, 0.4) is 0 Å². The van der Waals surface area contributed by atoms with E-state index in [1.165, 1.54) is 13.5 Å². The van der Waals surface area contributed by atoms with Crippen LogP contribution in [0.4, 0.5) is 5.82 Å². The van der Waals surface area contributed by atoms with Gasteiger partial charge in [-0.3, -0.25) is 0 Å². The molecule has 0 unspecified atom stereocenters. The number of imidazole rings is 1. The molecule has 0 aromatic carbocycles. The Morgan fingerprint density at radius 3 is 3.14 bits per heavy atom. The van der Waals surface area contributed by atoms with E-state index in [0.29, 0.717) is 11.3 Å². The summed E-state index contributed by atoms with van der Waals surface area (Å²) in [7, 11) is 8.17. The Morgan fingerprint density at radius 1 is 1.50 bits per heavy atom. The number of fused-ring (bicyclic) bond motifs is 1. The molecule has 0 amide bonds. The summed E-state index contributed by atoms with van der Waals surface area (Å²) >= 11 is 0. The molecule has 8 heteroatoms. The van der Waals surface area contributed by atoms with Crippen molar-refractivity contribution in [1.29, 1.82) is 0 Å². The third kappa shape index (κ3) is 1.39. The first-order chi connectivity index (χ1) is 6.83. The maximum atomic E-state index is 4.96. The molecule has 2 radical (unpaired) electrons. The molecule has 0 aliphatic rings. The van der Waals surface area contributed by atoms with Gasteiger partial charge >= 0.3 is 81.4 Å². The van der Waals surface area contributed by atoms with E-state index < -0.39 is 0 Å². The van der Waals surface area contributed by atoms with Crippen LogP contribution in [0, 0.1) is 0 Å². The molecule has 0 spiro atoms. The second-order valence-corrected chi connectivity index (χ2v) is 2.67. The minimum atomic E-state index is 0.588. The summed E-state index contributed by atoms with van der Waals surface area (Å²) in [6.07, 6.45) is 3.13. The van der Waals surface area contributed by atoms with E-state index in [1.807, 2.05) is 11.6 Å². The summed E-state index contributed by atoms with van der Waals surface area (Å²) in [4.78, 5) is 15.6. The van der Waals surface area contributed by atoms with Crippen molar-refractivity contribution >= 4 is 32.2 Å². The number of rotatable bonds is 2. The Balaban J connectivity index is 2.54. The first kappa shape index (κ1) is 8.86. The average Bonchev–Trinajstić information content (AvgIpc) is 2.58. The van der Waals surface area contributed by atoms with Gasteiger partial charge < -0.3 is 0 Å². The zero-order chi connectivity index (χ0) is 9.97. The molecule has 2 aromatic heterocycles. The van der Waals surface area contributed by atoms with E-state index in [4.69, 9.17) is 7.98 Å². The molecule has 1 N–H and O–H groups in total. The fraction of sp³-hybridized carbons (Fsp3) is 0.167. The van der Waals surface area contributed by atoms with Crippen molar-refractivity contribution in [3.05, 3.63) is 12.7 Å². The normalized spacial score (nSPS) is 10.6. The molecule has 0 fully saturated rings. The van der Waals surface area contributed by atoms with Crippen LogP contribution in [0.5, 0.6) is 0 Å². The van der Waals surface area contributed by atoms with E-state index in [-0.39, 0.29) is 0 Å². The van der Waals surface area contributed by atoms with Gasteiger partial charge in [0, 0.05) is 0 Å². The summed E-state index contributed by atoms with van der Waals surface area (Å²) in [5, 5.41) is 2.81. The molecule has 0 aliphatic carbocycles. The Kier molecular flexibility index (Phi) is 2.26. The second kappa shape index (κ2) is 3.57. The quantitative estimate of drug-likeness (QED) is 0.648. The Morgan fingerprint density at radius 2 is 2.36 bits per heavy atom. The molecule has 0 saturated carbocycles. The number of nitrogens with one attached hydrogen (secondary N) is 1. The third-order valence-electron chi connectivity index (χ3n) is 1.77. The summed E-state index contributed by atoms with van der Waals surface area (Å²) in [6.45, 7) is 0. The SMILES string of the molecule is [B]N=BNc1ncnc2c1ncn2C. The predicted molar refractivity (Wildman–Crippen MR) is 53.9 cm³/mol. The Hall–Kier alpha value is -1.72. The van der Waals surface area contributed by atoms with Gasteiger partial charge in [-0.05, 0) is 0 Å². The van der Waals surface area contributed by atoms with Crippen LogP contribution in [0.2, 0.25) is 0 Å². The topological polar surface area (TPSA) is 68.0 Å². The van der Waals surface area contributed by atoms with Crippen LogP contribution < -0.4 is 5.23 Å². The predicted octanol–water partition coefficient (Wildman–Crippen LogP) is -0.339. The zero-order valence-corrected chi connectivity index (χ0v) is 7.55. The Labute approximate surface area is 82.2 Å². The molecule has 0 bridgehead atoms. The van der Waals surface area contributed by atoms with Gasteiger partial charge in [0.05, 0.1) is 0 Å². The molecule has 2 aromatic rings. The van der Waals surface area contributed by atoms with Gasteiger partial charge in [-0.25, -0.2) is 0 Å². The van der Waals surface area contributed by atoms with Crippen molar-refractivity contribution in [2.75, 3.05) is 5.23 Å². The van der Waals surface area contributed by atoms with Crippen LogP contribution in [0.25, 0.3) is 11.2 Å². The van der Waals surface area contributed by atoms with Gasteiger partial charge in [0.25, 0.3) is 0 Å². The van der Waals surface area contributed by atoms with Crippen LogP contribution in [-0.2, 0) is 7.05 Å². The van der Waals surface area contributed by atoms with Crippen LogP contribution in [-0.4, -0.2) is 34.7 Å². The van der Waals surface area contributed by atoms with E-state index in [0.717, 1.165) is 5.65 Å². The number of aryl methyl sites for hydroxylation is 1. The fourth-order valence-electron chi connectivity index (χ4n) is 1.15. The fourth-order valence-corrected chi connectivity index (χ4v) is 1.15. The van der Waals surface area contributed by atoms with E-state index in [9.17, 15) is 0 Å². The minimum absolute atomic E-state index is 0.588. The number of hydrogen-bond acceptors (Lipinski definition) is 4. The molecule has 0 aliphatic heterocycles. The molecule has 2 heterocycles. The van der Waals surface area contributed by atoms with Crippen LogP contribution in [0.1, 0.15) is 0 Å². The van der Waals surface area contributed by atoms with Gasteiger partial charge in [0.2, 0.25) is 0 Å². The van der Waals surface area contributed by atoms with Crippen molar-refractivity contribution in [2.45, 2.75) is 0 Å². The van der Waals surface area contributed by atoms with Crippen LogP contribution in [0.15, 0.2) is 17.5 Å². The van der Waals surface area contributed by atoms with Gasteiger partial charge in [-0.1, -0.05) is 0 Å². The van der Waals surface area contributed by atoms with Gasteiger partial charge in [0.15, 0.2) is 0 Å². The van der Waals surface area contributed by atoms with Gasteiger partial charge in [0.1, 0.15) is 0 Å². The first-order valence-electron chi connectivity index (χ1n) is 3.93. The van der Waals surface area contributed by atoms with Crippen molar-refractivity contribution in [3.8, 4) is 0 Å². The number of hydrogen-bond donors (Lipinski definition) is 1. The summed E-state index contributed by atoms with van der Waals surface area (Å²) in [5.41, 5.74) is 1.45. The summed E-state index contributed by atoms with van der Waals surface area (Å²) < 4.78 is 1.81. The monoisotopic (exact) mass is 184 g/mol. The standard InChI is InChI=1S/C6H6B2N6/c1-14-3-11-4-5(12-8-13-7)9-2-10-6(4)14/h2-3H,1H3,(H,9,10,12). The number of anilines is 1. The Bertz CT molecular complexity index is 478. The molecule has 0 atom stereocenters. The molecule has 6 nitrogen and oxygen atoms in total.